The number of nitrogens with one attached hydrogen (secondary N) is 1. The molecule has 0 atom stereocenters. The second-order valence-electron chi connectivity index (χ2n) is 4.36. The fourth-order valence-electron chi connectivity index (χ4n) is 1.71. The first-order chi connectivity index (χ1) is 10.2. The van der Waals surface area contributed by atoms with Crippen molar-refractivity contribution in [2.75, 3.05) is 11.9 Å². The van der Waals surface area contributed by atoms with Crippen LogP contribution in [-0.4, -0.2) is 12.5 Å². The number of carbonyl (C=O) groups excluding carboxylic acids is 1. The van der Waals surface area contributed by atoms with Crippen molar-refractivity contribution in [1.29, 1.82) is 5.26 Å². The lowest BCUT2D eigenvalue weighted by atomic mass is 10.2. The summed E-state index contributed by atoms with van der Waals surface area (Å²) in [5.41, 5.74) is 2.09. The van der Waals surface area contributed by atoms with Gasteiger partial charge in [-0.25, -0.2) is 0 Å². The molecular weight excluding hydrogens is 332 g/mol. The Labute approximate surface area is 131 Å². The van der Waals surface area contributed by atoms with E-state index in [1.165, 1.54) is 0 Å². The molecule has 0 radical (unpaired) electrons. The van der Waals surface area contributed by atoms with Crippen LogP contribution in [0.4, 0.5) is 5.69 Å². The second-order valence-corrected chi connectivity index (χ2v) is 5.28. The van der Waals surface area contributed by atoms with Crippen LogP contribution in [0.5, 0.6) is 0 Å². The molecule has 0 aliphatic carbocycles. The summed E-state index contributed by atoms with van der Waals surface area (Å²) in [5, 5.41) is 11.5. The quantitative estimate of drug-likeness (QED) is 0.903. The monoisotopic (exact) mass is 344 g/mol. The van der Waals surface area contributed by atoms with Crippen molar-refractivity contribution in [2.24, 2.45) is 0 Å². The average molecular weight is 345 g/mol. The van der Waals surface area contributed by atoms with Crippen LogP contribution in [0.3, 0.4) is 0 Å². The Morgan fingerprint density at radius 3 is 2.71 bits per heavy atom. The van der Waals surface area contributed by atoms with Crippen LogP contribution in [-0.2, 0) is 16.1 Å². The summed E-state index contributed by atoms with van der Waals surface area (Å²) < 4.78 is 6.36. The zero-order chi connectivity index (χ0) is 15.1. The molecule has 21 heavy (non-hydrogen) atoms. The molecule has 4 nitrogen and oxygen atoms in total. The van der Waals surface area contributed by atoms with Crippen LogP contribution in [0.25, 0.3) is 0 Å². The molecule has 0 fully saturated rings. The molecule has 0 bridgehead atoms. The minimum atomic E-state index is -0.248. The lowest BCUT2D eigenvalue weighted by molar-refractivity contribution is -0.121. The van der Waals surface area contributed by atoms with Crippen LogP contribution in [0.2, 0.25) is 0 Å². The van der Waals surface area contributed by atoms with Crippen LogP contribution in [0, 0.1) is 11.3 Å². The number of anilines is 1. The van der Waals surface area contributed by atoms with Crippen LogP contribution in [0.15, 0.2) is 53.0 Å². The van der Waals surface area contributed by atoms with Gasteiger partial charge in [0.2, 0.25) is 5.91 Å². The van der Waals surface area contributed by atoms with Crippen LogP contribution in [0.1, 0.15) is 11.1 Å². The zero-order valence-corrected chi connectivity index (χ0v) is 12.8. The number of nitriles is 1. The topological polar surface area (TPSA) is 62.1 Å². The molecule has 1 amide bonds. The molecular formula is C16H13BrN2O2. The molecule has 0 saturated carbocycles. The lowest BCUT2D eigenvalue weighted by Crippen LogP contribution is -2.18. The van der Waals surface area contributed by atoms with Crippen molar-refractivity contribution in [1.82, 2.24) is 0 Å². The van der Waals surface area contributed by atoms with Gasteiger partial charge in [-0.15, -0.1) is 0 Å². The Balaban J connectivity index is 1.79. The van der Waals surface area contributed by atoms with Gasteiger partial charge in [0.05, 0.1) is 18.2 Å². The molecule has 2 aromatic carbocycles. The van der Waals surface area contributed by atoms with Gasteiger partial charge < -0.3 is 10.1 Å². The first kappa shape index (κ1) is 15.2. The number of carbonyl (C=O) groups is 1. The number of nitrogens with zero attached hydrogens (tertiary/aromatic N) is 1. The number of halogens is 1. The van der Waals surface area contributed by atoms with E-state index in [0.29, 0.717) is 17.9 Å². The van der Waals surface area contributed by atoms with Crippen LogP contribution >= 0.6 is 15.9 Å². The summed E-state index contributed by atoms with van der Waals surface area (Å²) in [6, 6.07) is 16.5. The number of benzene rings is 2. The maximum atomic E-state index is 11.7. The summed E-state index contributed by atoms with van der Waals surface area (Å²) in [6.45, 7) is 0.339. The van der Waals surface area contributed by atoms with E-state index in [9.17, 15) is 4.79 Å². The molecule has 2 aromatic rings. The smallest absolute Gasteiger partial charge is 0.250 e. The fourth-order valence-corrected chi connectivity index (χ4v) is 1.97. The number of rotatable bonds is 5. The molecule has 2 rings (SSSR count). The van der Waals surface area contributed by atoms with Crippen molar-refractivity contribution in [2.45, 2.75) is 6.61 Å². The van der Waals surface area contributed by atoms with E-state index in [0.717, 1.165) is 10.0 Å². The van der Waals surface area contributed by atoms with Gasteiger partial charge in [0.25, 0.3) is 0 Å². The van der Waals surface area contributed by atoms with Gasteiger partial charge in [-0.1, -0.05) is 34.1 Å². The third-order valence-corrected chi connectivity index (χ3v) is 3.22. The first-order valence-corrected chi connectivity index (χ1v) is 7.09. The second kappa shape index (κ2) is 7.58. The highest BCUT2D eigenvalue weighted by molar-refractivity contribution is 9.10. The highest BCUT2D eigenvalue weighted by Gasteiger charge is 2.03. The first-order valence-electron chi connectivity index (χ1n) is 6.29. The summed E-state index contributed by atoms with van der Waals surface area (Å²) in [5.74, 6) is -0.248. The Morgan fingerprint density at radius 2 is 2.00 bits per heavy atom. The molecule has 0 aliphatic rings. The van der Waals surface area contributed by atoms with E-state index < -0.39 is 0 Å². The van der Waals surface area contributed by atoms with E-state index in [1.807, 2.05) is 30.3 Å². The van der Waals surface area contributed by atoms with Gasteiger partial charge >= 0.3 is 0 Å². The van der Waals surface area contributed by atoms with Gasteiger partial charge in [0.1, 0.15) is 6.61 Å². The summed E-state index contributed by atoms with van der Waals surface area (Å²) in [7, 11) is 0. The Bertz CT molecular complexity index is 663. The van der Waals surface area contributed by atoms with E-state index in [4.69, 9.17) is 10.00 Å². The largest absolute Gasteiger partial charge is 0.367 e. The van der Waals surface area contributed by atoms with Gasteiger partial charge in [-0.3, -0.25) is 4.79 Å². The highest BCUT2D eigenvalue weighted by Crippen LogP contribution is 2.12. The average Bonchev–Trinajstić information content (AvgIpc) is 2.49. The number of hydrogen-bond acceptors (Lipinski definition) is 3. The van der Waals surface area contributed by atoms with Gasteiger partial charge in [0.15, 0.2) is 0 Å². The number of amides is 1. The van der Waals surface area contributed by atoms with Crippen molar-refractivity contribution in [3.05, 3.63) is 64.1 Å². The summed E-state index contributed by atoms with van der Waals surface area (Å²) >= 11 is 3.36. The number of ether oxygens (including phenoxy) is 1. The van der Waals surface area contributed by atoms with Crippen molar-refractivity contribution in [3.63, 3.8) is 0 Å². The minimum Gasteiger partial charge on any atom is -0.367 e. The highest BCUT2D eigenvalue weighted by atomic mass is 79.9. The normalized spacial score (nSPS) is 9.90. The Morgan fingerprint density at radius 1 is 1.24 bits per heavy atom. The Hall–Kier alpha value is -2.16. The predicted molar refractivity (Wildman–Crippen MR) is 83.6 cm³/mol. The van der Waals surface area contributed by atoms with Gasteiger partial charge in [0, 0.05) is 10.2 Å². The van der Waals surface area contributed by atoms with E-state index in [-0.39, 0.29) is 12.5 Å². The molecule has 1 N–H and O–H groups in total. The molecule has 0 aromatic heterocycles. The Kier molecular flexibility index (Phi) is 5.50. The maximum Gasteiger partial charge on any atom is 0.250 e. The van der Waals surface area contributed by atoms with Crippen molar-refractivity contribution in [3.8, 4) is 6.07 Å². The molecule has 0 heterocycles. The van der Waals surface area contributed by atoms with Crippen LogP contribution < -0.4 is 5.32 Å². The SMILES string of the molecule is N#Cc1cccc(NC(=O)COCc2ccc(Br)cc2)c1. The minimum absolute atomic E-state index is 0.0349. The molecule has 0 unspecified atom stereocenters. The maximum absolute atomic E-state index is 11.7. The molecule has 0 spiro atoms. The van der Waals surface area contributed by atoms with E-state index >= 15 is 0 Å². The molecule has 0 aliphatic heterocycles. The molecule has 5 heteroatoms. The van der Waals surface area contributed by atoms with Gasteiger partial charge in [-0.2, -0.15) is 5.26 Å². The third-order valence-electron chi connectivity index (χ3n) is 2.69. The predicted octanol–water partition coefficient (Wildman–Crippen LogP) is 3.48. The van der Waals surface area contributed by atoms with Crippen molar-refractivity contribution >= 4 is 27.5 Å². The lowest BCUT2D eigenvalue weighted by Gasteiger charge is -2.07. The standard InChI is InChI=1S/C16H13BrN2O2/c17-14-6-4-12(5-7-14)10-21-11-16(20)19-15-3-1-2-13(8-15)9-18/h1-8H,10-11H2,(H,19,20). The molecule has 106 valence electrons. The van der Waals surface area contributed by atoms with Gasteiger partial charge in [-0.05, 0) is 35.9 Å². The van der Waals surface area contributed by atoms with Crippen molar-refractivity contribution < 1.29 is 9.53 Å². The third kappa shape index (κ3) is 5.03. The van der Waals surface area contributed by atoms with E-state index in [2.05, 4.69) is 21.2 Å². The molecule has 0 saturated heterocycles. The van der Waals surface area contributed by atoms with E-state index in [1.54, 1.807) is 24.3 Å². The number of hydrogen-bond donors (Lipinski definition) is 1. The fraction of sp³-hybridized carbons (Fsp3) is 0.125. The summed E-state index contributed by atoms with van der Waals surface area (Å²) in [4.78, 5) is 11.7. The summed E-state index contributed by atoms with van der Waals surface area (Å²) in [6.07, 6.45) is 0. The zero-order valence-electron chi connectivity index (χ0n) is 11.2.